The average molecular weight is 437 g/mol. The quantitative estimate of drug-likeness (QED) is 0.763. The van der Waals surface area contributed by atoms with Crippen molar-refractivity contribution in [3.63, 3.8) is 0 Å². The van der Waals surface area contributed by atoms with Crippen LogP contribution in [0.1, 0.15) is 45.1 Å². The van der Waals surface area contributed by atoms with Crippen LogP contribution in [0.3, 0.4) is 0 Å². The number of nitriles is 1. The number of piperazine rings is 1. The summed E-state index contributed by atoms with van der Waals surface area (Å²) in [5.74, 6) is -0.631. The summed E-state index contributed by atoms with van der Waals surface area (Å²) in [4.78, 5) is 17.0. The first-order valence-corrected chi connectivity index (χ1v) is 11.9. The number of benzene rings is 1. The van der Waals surface area contributed by atoms with Gasteiger partial charge in [0.25, 0.3) is 0 Å². The van der Waals surface area contributed by atoms with Crippen molar-refractivity contribution < 1.29 is 17.6 Å². The Morgan fingerprint density at radius 2 is 1.80 bits per heavy atom. The second-order valence-electron chi connectivity index (χ2n) is 8.38. The number of sulfonamides is 1. The first kappa shape index (κ1) is 22.7. The lowest BCUT2D eigenvalue weighted by Crippen LogP contribution is -2.52. The molecular weight excluding hydrogens is 407 g/mol. The third-order valence-electron chi connectivity index (χ3n) is 6.12. The van der Waals surface area contributed by atoms with Crippen LogP contribution in [-0.2, 0) is 14.8 Å². The van der Waals surface area contributed by atoms with Crippen LogP contribution in [0.2, 0.25) is 0 Å². The van der Waals surface area contributed by atoms with Crippen molar-refractivity contribution in [1.82, 2.24) is 14.5 Å². The van der Waals surface area contributed by atoms with Crippen LogP contribution in [0.15, 0.2) is 23.1 Å². The third-order valence-corrected chi connectivity index (χ3v) is 7.64. The summed E-state index contributed by atoms with van der Waals surface area (Å²) in [5, 5.41) is 8.92. The molecule has 1 aromatic rings. The number of halogens is 1. The van der Waals surface area contributed by atoms with Crippen molar-refractivity contribution >= 4 is 15.9 Å². The van der Waals surface area contributed by atoms with Gasteiger partial charge in [-0.2, -0.15) is 5.26 Å². The lowest BCUT2D eigenvalue weighted by molar-refractivity contribution is -0.138. The molecule has 1 aromatic carbocycles. The minimum Gasteiger partial charge on any atom is -0.340 e. The van der Waals surface area contributed by atoms with Gasteiger partial charge in [-0.3, -0.25) is 9.69 Å². The van der Waals surface area contributed by atoms with E-state index in [2.05, 4.69) is 23.5 Å². The number of hydrogen-bond donors (Lipinski definition) is 1. The van der Waals surface area contributed by atoms with E-state index in [0.717, 1.165) is 44.4 Å². The Hall–Kier alpha value is -2.02. The van der Waals surface area contributed by atoms with Crippen molar-refractivity contribution in [1.29, 1.82) is 5.26 Å². The molecule has 0 unspecified atom stereocenters. The number of carbonyl (C=O) groups is 1. The van der Waals surface area contributed by atoms with Gasteiger partial charge in [-0.1, -0.05) is 0 Å². The molecule has 1 saturated carbocycles. The summed E-state index contributed by atoms with van der Waals surface area (Å²) >= 11 is 0. The van der Waals surface area contributed by atoms with Gasteiger partial charge in [0, 0.05) is 44.2 Å². The molecule has 1 N–H and O–H groups in total. The summed E-state index contributed by atoms with van der Waals surface area (Å²) < 4.78 is 41.3. The smallest absolute Gasteiger partial charge is 0.240 e. The minimum absolute atomic E-state index is 0.0626. The van der Waals surface area contributed by atoms with Crippen LogP contribution < -0.4 is 4.72 Å². The Morgan fingerprint density at radius 1 is 1.17 bits per heavy atom. The van der Waals surface area contributed by atoms with Gasteiger partial charge in [-0.05, 0) is 57.7 Å². The molecule has 1 heterocycles. The highest BCUT2D eigenvalue weighted by Gasteiger charge is 2.33. The maximum atomic E-state index is 13.5. The lowest BCUT2D eigenvalue weighted by atomic mass is 9.85. The zero-order valence-corrected chi connectivity index (χ0v) is 18.3. The normalized spacial score (nSPS) is 23.4. The van der Waals surface area contributed by atoms with Gasteiger partial charge >= 0.3 is 0 Å². The molecule has 0 radical (unpaired) electrons. The van der Waals surface area contributed by atoms with Crippen LogP contribution in [0.5, 0.6) is 0 Å². The number of nitrogens with zero attached hydrogens (tertiary/aromatic N) is 3. The molecule has 30 heavy (non-hydrogen) atoms. The molecule has 2 fully saturated rings. The van der Waals surface area contributed by atoms with E-state index in [1.54, 1.807) is 6.07 Å². The summed E-state index contributed by atoms with van der Waals surface area (Å²) in [6, 6.07) is 5.06. The maximum absolute atomic E-state index is 13.5. The maximum Gasteiger partial charge on any atom is 0.240 e. The van der Waals surface area contributed by atoms with Gasteiger partial charge in [0.2, 0.25) is 15.9 Å². The van der Waals surface area contributed by atoms with E-state index >= 15 is 0 Å². The predicted molar refractivity (Wildman–Crippen MR) is 110 cm³/mol. The summed E-state index contributed by atoms with van der Waals surface area (Å²) in [7, 11) is -3.85. The number of rotatable bonds is 5. The van der Waals surface area contributed by atoms with Crippen LogP contribution in [0.25, 0.3) is 0 Å². The highest BCUT2D eigenvalue weighted by atomic mass is 32.2. The average Bonchev–Trinajstić information content (AvgIpc) is 2.73. The summed E-state index contributed by atoms with van der Waals surface area (Å²) in [6.07, 6.45) is 2.44. The third kappa shape index (κ3) is 5.17. The molecule has 2 aliphatic rings. The van der Waals surface area contributed by atoms with Crippen LogP contribution in [0.4, 0.5) is 4.39 Å². The van der Waals surface area contributed by atoms with E-state index < -0.39 is 15.8 Å². The highest BCUT2D eigenvalue weighted by Crippen LogP contribution is 2.28. The lowest BCUT2D eigenvalue weighted by Gasteiger charge is -2.39. The molecule has 164 valence electrons. The van der Waals surface area contributed by atoms with Gasteiger partial charge < -0.3 is 4.90 Å². The van der Waals surface area contributed by atoms with Crippen LogP contribution in [-0.4, -0.2) is 62.4 Å². The fraction of sp³-hybridized carbons (Fsp3) is 0.619. The number of amides is 1. The zero-order chi connectivity index (χ0) is 21.9. The van der Waals surface area contributed by atoms with Gasteiger partial charge in [0.1, 0.15) is 11.9 Å². The highest BCUT2D eigenvalue weighted by molar-refractivity contribution is 7.89. The van der Waals surface area contributed by atoms with E-state index in [4.69, 9.17) is 5.26 Å². The predicted octanol–water partition coefficient (Wildman–Crippen LogP) is 2.09. The molecule has 1 aliphatic heterocycles. The van der Waals surface area contributed by atoms with Crippen molar-refractivity contribution in [2.75, 3.05) is 26.2 Å². The van der Waals surface area contributed by atoms with Crippen LogP contribution >= 0.6 is 0 Å². The monoisotopic (exact) mass is 436 g/mol. The molecular formula is C21H29FN4O3S. The first-order chi connectivity index (χ1) is 14.2. The molecule has 0 aromatic heterocycles. The number of hydrogen-bond acceptors (Lipinski definition) is 5. The van der Waals surface area contributed by atoms with E-state index in [1.165, 1.54) is 0 Å². The Labute approximate surface area is 177 Å². The molecule has 0 atom stereocenters. The fourth-order valence-electron chi connectivity index (χ4n) is 4.22. The summed E-state index contributed by atoms with van der Waals surface area (Å²) in [6.45, 7) is 7.59. The fourth-order valence-corrected chi connectivity index (χ4v) is 5.55. The molecule has 1 saturated heterocycles. The first-order valence-electron chi connectivity index (χ1n) is 10.5. The van der Waals surface area contributed by atoms with Crippen molar-refractivity contribution in [3.8, 4) is 6.07 Å². The second kappa shape index (κ2) is 9.41. The van der Waals surface area contributed by atoms with Gasteiger partial charge in [0.15, 0.2) is 0 Å². The molecule has 3 rings (SSSR count). The Balaban J connectivity index is 1.53. The van der Waals surface area contributed by atoms with E-state index in [0.29, 0.717) is 31.7 Å². The molecule has 7 nitrogen and oxygen atoms in total. The Kier molecular flexibility index (Phi) is 7.11. The largest absolute Gasteiger partial charge is 0.340 e. The SMILES string of the molecule is CC(C)N1CCN(C(=O)[C@H]2CC[C@H](NS(=O)(=O)c3ccc(F)c(C#N)c3)CC2)CC1. The van der Waals surface area contributed by atoms with Crippen molar-refractivity contribution in [2.24, 2.45) is 5.92 Å². The summed E-state index contributed by atoms with van der Waals surface area (Å²) in [5.41, 5.74) is -0.301. The van der Waals surface area contributed by atoms with Gasteiger partial charge in [-0.25, -0.2) is 17.5 Å². The Bertz CT molecular complexity index is 913. The standard InChI is InChI=1S/C21H29FN4O3S/c1-15(2)25-9-11-26(12-10-25)21(27)16-3-5-18(6-4-16)24-30(28,29)19-7-8-20(22)17(13-19)14-23/h7-8,13,15-16,18,24H,3-6,9-12H2,1-2H3/t16-,18-. The molecule has 0 spiro atoms. The van der Waals surface area contributed by atoms with Gasteiger partial charge in [0.05, 0.1) is 10.5 Å². The van der Waals surface area contributed by atoms with Gasteiger partial charge in [-0.15, -0.1) is 0 Å². The molecule has 0 bridgehead atoms. The topological polar surface area (TPSA) is 93.5 Å². The number of carbonyl (C=O) groups excluding carboxylic acids is 1. The van der Waals surface area contributed by atoms with Crippen LogP contribution in [0, 0.1) is 23.1 Å². The minimum atomic E-state index is -3.85. The number of nitrogens with one attached hydrogen (secondary N) is 1. The second-order valence-corrected chi connectivity index (χ2v) is 10.1. The van der Waals surface area contributed by atoms with Crippen molar-refractivity contribution in [3.05, 3.63) is 29.6 Å². The zero-order valence-electron chi connectivity index (χ0n) is 17.5. The van der Waals surface area contributed by atoms with E-state index in [9.17, 15) is 17.6 Å². The van der Waals surface area contributed by atoms with E-state index in [1.807, 2.05) is 4.90 Å². The molecule has 1 amide bonds. The van der Waals surface area contributed by atoms with E-state index in [-0.39, 0.29) is 28.3 Å². The molecule has 9 heteroatoms. The Morgan fingerprint density at radius 3 is 2.37 bits per heavy atom. The van der Waals surface area contributed by atoms with Crippen molar-refractivity contribution in [2.45, 2.75) is 56.5 Å². The molecule has 1 aliphatic carbocycles.